The first-order chi connectivity index (χ1) is 12.2. The summed E-state index contributed by atoms with van der Waals surface area (Å²) in [6, 6.07) is 9.88. The number of nitrogens with zero attached hydrogens (tertiary/aromatic N) is 3. The fraction of sp³-hybridized carbons (Fsp3) is 0.619. The number of likely N-dealkylation sites (N-methyl/N-ethyl adjacent to an activating group) is 1. The molecule has 2 saturated heterocycles. The third-order valence-electron chi connectivity index (χ3n) is 5.65. The number of likely N-dealkylation sites (tertiary alicyclic amines) is 1. The van der Waals surface area contributed by atoms with Crippen LogP contribution in [0.1, 0.15) is 39.2 Å². The van der Waals surface area contributed by atoms with Crippen molar-refractivity contribution in [2.45, 2.75) is 45.6 Å². The third kappa shape index (κ3) is 3.63. The first-order valence-corrected chi connectivity index (χ1v) is 9.59. The first kappa shape index (κ1) is 18.9. The van der Waals surface area contributed by atoms with Gasteiger partial charge >= 0.3 is 6.03 Å². The van der Waals surface area contributed by atoms with E-state index in [1.807, 2.05) is 30.3 Å². The second-order valence-corrected chi connectivity index (χ2v) is 8.90. The Morgan fingerprint density at radius 1 is 1.04 bits per heavy atom. The number of amides is 3. The third-order valence-corrected chi connectivity index (χ3v) is 5.65. The molecule has 0 N–H and O–H groups in total. The van der Waals surface area contributed by atoms with Gasteiger partial charge in [0.15, 0.2) is 0 Å². The van der Waals surface area contributed by atoms with Crippen LogP contribution in [-0.2, 0) is 11.2 Å². The van der Waals surface area contributed by atoms with E-state index in [1.54, 1.807) is 11.9 Å². The summed E-state index contributed by atoms with van der Waals surface area (Å²) in [5.41, 5.74) is 0.757. The first-order valence-electron chi connectivity index (χ1n) is 9.59. The molecular weight excluding hydrogens is 326 g/mol. The van der Waals surface area contributed by atoms with Crippen LogP contribution in [-0.4, -0.2) is 65.4 Å². The van der Waals surface area contributed by atoms with Crippen molar-refractivity contribution >= 4 is 11.9 Å². The molecule has 0 radical (unpaired) electrons. The summed E-state index contributed by atoms with van der Waals surface area (Å²) in [5.74, 6) is -0.00339. The van der Waals surface area contributed by atoms with Crippen molar-refractivity contribution in [3.63, 3.8) is 0 Å². The fourth-order valence-electron chi connectivity index (χ4n) is 4.23. The van der Waals surface area contributed by atoms with Gasteiger partial charge in [-0.2, -0.15) is 0 Å². The van der Waals surface area contributed by atoms with Crippen molar-refractivity contribution in [1.82, 2.24) is 14.7 Å². The maximum Gasteiger partial charge on any atom is 0.327 e. The minimum Gasteiger partial charge on any atom is -0.312 e. The molecule has 26 heavy (non-hydrogen) atoms. The van der Waals surface area contributed by atoms with Gasteiger partial charge in [0.1, 0.15) is 5.54 Å². The molecule has 0 saturated carbocycles. The van der Waals surface area contributed by atoms with E-state index >= 15 is 0 Å². The van der Waals surface area contributed by atoms with Crippen LogP contribution in [0.4, 0.5) is 4.79 Å². The van der Waals surface area contributed by atoms with Gasteiger partial charge in [0.25, 0.3) is 5.91 Å². The maximum absolute atomic E-state index is 13.2. The minimum atomic E-state index is -0.637. The Morgan fingerprint density at radius 3 is 2.23 bits per heavy atom. The molecule has 2 aliphatic heterocycles. The molecule has 0 bridgehead atoms. The average molecular weight is 357 g/mol. The highest BCUT2D eigenvalue weighted by atomic mass is 16.2. The molecule has 5 heteroatoms. The molecule has 0 aliphatic carbocycles. The molecule has 142 valence electrons. The van der Waals surface area contributed by atoms with Crippen LogP contribution in [0.5, 0.6) is 0 Å². The fourth-order valence-corrected chi connectivity index (χ4v) is 4.23. The van der Waals surface area contributed by atoms with Crippen molar-refractivity contribution in [1.29, 1.82) is 0 Å². The number of carbonyl (C=O) groups excluding carboxylic acids is 2. The summed E-state index contributed by atoms with van der Waals surface area (Å²) in [6.07, 6.45) is 2.16. The van der Waals surface area contributed by atoms with Crippen LogP contribution in [0.15, 0.2) is 30.3 Å². The number of benzene rings is 1. The lowest BCUT2D eigenvalue weighted by molar-refractivity contribution is -0.135. The van der Waals surface area contributed by atoms with E-state index in [0.29, 0.717) is 13.0 Å². The predicted octanol–water partition coefficient (Wildman–Crippen LogP) is 3.00. The zero-order valence-electron chi connectivity index (χ0n) is 16.5. The second-order valence-electron chi connectivity index (χ2n) is 8.90. The molecule has 2 aliphatic rings. The van der Waals surface area contributed by atoms with E-state index in [-0.39, 0.29) is 17.4 Å². The number of piperidine rings is 1. The van der Waals surface area contributed by atoms with Crippen LogP contribution < -0.4 is 0 Å². The summed E-state index contributed by atoms with van der Waals surface area (Å²) in [6.45, 7) is 9.92. The lowest BCUT2D eigenvalue weighted by Gasteiger charge is -2.42. The Balaban J connectivity index is 1.66. The topological polar surface area (TPSA) is 43.9 Å². The predicted molar refractivity (Wildman–Crippen MR) is 103 cm³/mol. The molecular formula is C21H31N3O2. The highest BCUT2D eigenvalue weighted by molar-refractivity contribution is 6.07. The highest BCUT2D eigenvalue weighted by Gasteiger charge is 2.56. The standard InChI is InChI=1S/C21H31N3O2/c1-20(2,3)16-23-14-11-21(12-15-23)18(25)24(19(26)22(21)4)13-10-17-8-6-5-7-9-17/h5-9H,10-16H2,1-4H3. The van der Waals surface area contributed by atoms with Gasteiger partial charge in [0, 0.05) is 33.2 Å². The number of carbonyl (C=O) groups is 2. The van der Waals surface area contributed by atoms with Crippen LogP contribution in [0.25, 0.3) is 0 Å². The van der Waals surface area contributed by atoms with Gasteiger partial charge in [-0.05, 0) is 30.2 Å². The number of hydrogen-bond donors (Lipinski definition) is 0. The molecule has 3 amide bonds. The van der Waals surface area contributed by atoms with E-state index in [9.17, 15) is 9.59 Å². The summed E-state index contributed by atoms with van der Waals surface area (Å²) in [5, 5.41) is 0. The van der Waals surface area contributed by atoms with Gasteiger partial charge < -0.3 is 9.80 Å². The molecule has 5 nitrogen and oxygen atoms in total. The van der Waals surface area contributed by atoms with E-state index in [4.69, 9.17) is 0 Å². The molecule has 0 aromatic heterocycles. The van der Waals surface area contributed by atoms with Gasteiger partial charge in [-0.1, -0.05) is 51.1 Å². The minimum absolute atomic E-state index is 0.00339. The summed E-state index contributed by atoms with van der Waals surface area (Å²) < 4.78 is 0. The van der Waals surface area contributed by atoms with Crippen LogP contribution in [0, 0.1) is 5.41 Å². The number of imide groups is 1. The van der Waals surface area contributed by atoms with Crippen LogP contribution >= 0.6 is 0 Å². The van der Waals surface area contributed by atoms with Gasteiger partial charge in [-0.3, -0.25) is 9.69 Å². The number of urea groups is 1. The normalized spacial score (nSPS) is 21.1. The molecule has 1 spiro atoms. The Hall–Kier alpha value is -1.88. The summed E-state index contributed by atoms with van der Waals surface area (Å²) in [7, 11) is 1.79. The SMILES string of the molecule is CN1C(=O)N(CCc2ccccc2)C(=O)C12CCN(CC(C)(C)C)CC2. The largest absolute Gasteiger partial charge is 0.327 e. The lowest BCUT2D eigenvalue weighted by Crippen LogP contribution is -2.56. The van der Waals surface area contributed by atoms with Gasteiger partial charge in [0.05, 0.1) is 0 Å². The Bertz CT molecular complexity index is 658. The Morgan fingerprint density at radius 2 is 1.65 bits per heavy atom. The zero-order valence-corrected chi connectivity index (χ0v) is 16.5. The van der Waals surface area contributed by atoms with E-state index in [2.05, 4.69) is 25.7 Å². The molecule has 1 aromatic carbocycles. The van der Waals surface area contributed by atoms with Gasteiger partial charge in [-0.25, -0.2) is 4.79 Å². The molecule has 0 atom stereocenters. The van der Waals surface area contributed by atoms with E-state index in [0.717, 1.165) is 38.0 Å². The molecule has 1 aromatic rings. The van der Waals surface area contributed by atoms with Gasteiger partial charge in [0.2, 0.25) is 0 Å². The Kier molecular flexibility index (Phi) is 5.11. The smallest absolute Gasteiger partial charge is 0.312 e. The maximum atomic E-state index is 13.2. The molecule has 0 unspecified atom stereocenters. The highest BCUT2D eigenvalue weighted by Crippen LogP contribution is 2.36. The second kappa shape index (κ2) is 7.03. The molecule has 2 fully saturated rings. The van der Waals surface area contributed by atoms with Crippen molar-refractivity contribution in [3.05, 3.63) is 35.9 Å². The molecule has 2 heterocycles. The average Bonchev–Trinajstić information content (AvgIpc) is 2.77. The Labute approximate surface area is 156 Å². The van der Waals surface area contributed by atoms with Crippen molar-refractivity contribution in [3.8, 4) is 0 Å². The van der Waals surface area contributed by atoms with Crippen molar-refractivity contribution in [2.24, 2.45) is 5.41 Å². The lowest BCUT2D eigenvalue weighted by atomic mass is 9.85. The van der Waals surface area contributed by atoms with Crippen LogP contribution in [0.3, 0.4) is 0 Å². The van der Waals surface area contributed by atoms with E-state index < -0.39 is 5.54 Å². The number of rotatable bonds is 4. The quantitative estimate of drug-likeness (QED) is 0.778. The van der Waals surface area contributed by atoms with Crippen LogP contribution in [0.2, 0.25) is 0 Å². The monoisotopic (exact) mass is 357 g/mol. The molecule has 3 rings (SSSR count). The van der Waals surface area contributed by atoms with Crippen molar-refractivity contribution < 1.29 is 9.59 Å². The zero-order chi connectivity index (χ0) is 18.9. The van der Waals surface area contributed by atoms with Gasteiger partial charge in [-0.15, -0.1) is 0 Å². The summed E-state index contributed by atoms with van der Waals surface area (Å²) in [4.78, 5) is 31.5. The van der Waals surface area contributed by atoms with E-state index in [1.165, 1.54) is 4.90 Å². The number of hydrogen-bond acceptors (Lipinski definition) is 3. The summed E-state index contributed by atoms with van der Waals surface area (Å²) >= 11 is 0. The van der Waals surface area contributed by atoms with Crippen molar-refractivity contribution in [2.75, 3.05) is 33.2 Å².